The molecule has 0 fully saturated rings. The van der Waals surface area contributed by atoms with Gasteiger partial charge < -0.3 is 22.3 Å². The average molecular weight is 152 g/mol. The molecule has 0 aliphatic carbocycles. The van der Waals surface area contributed by atoms with E-state index in [2.05, 4.69) is 0 Å². The molecule has 0 unspecified atom stereocenters. The second-order valence-corrected chi connectivity index (χ2v) is 1.90. The molecule has 4 nitrogen and oxygen atoms in total. The summed E-state index contributed by atoms with van der Waals surface area (Å²) in [6, 6.07) is 0. The van der Waals surface area contributed by atoms with Crippen LogP contribution < -0.4 is 11.5 Å². The molecule has 0 aromatic rings. The molecule has 0 rings (SSSR count). The molecule has 0 saturated carbocycles. The molecular formula is C7H12N4. The third-order valence-corrected chi connectivity index (χ3v) is 1.23. The maximum absolute atomic E-state index is 6.94. The van der Waals surface area contributed by atoms with E-state index in [0.717, 1.165) is 12.4 Å². The zero-order valence-electron chi connectivity index (χ0n) is 6.39. The SMILES string of the molecule is C/C=C(/N)C(C=N)=C(N)C=N. The van der Waals surface area contributed by atoms with E-state index in [-0.39, 0.29) is 5.70 Å². The molecule has 0 saturated heterocycles. The first-order chi connectivity index (χ1) is 5.17. The predicted molar refractivity (Wildman–Crippen MR) is 46.7 cm³/mol. The Morgan fingerprint density at radius 3 is 2.00 bits per heavy atom. The normalized spacial score (nSPS) is 13.7. The Morgan fingerprint density at radius 2 is 1.73 bits per heavy atom. The summed E-state index contributed by atoms with van der Waals surface area (Å²) < 4.78 is 0. The van der Waals surface area contributed by atoms with E-state index in [0.29, 0.717) is 11.3 Å². The molecule has 0 aromatic heterocycles. The molecular weight excluding hydrogens is 140 g/mol. The quantitative estimate of drug-likeness (QED) is 0.347. The van der Waals surface area contributed by atoms with Gasteiger partial charge in [0, 0.05) is 23.7 Å². The first-order valence-corrected chi connectivity index (χ1v) is 3.10. The maximum atomic E-state index is 6.94. The van der Waals surface area contributed by atoms with E-state index in [1.165, 1.54) is 0 Å². The van der Waals surface area contributed by atoms with Crippen molar-refractivity contribution < 1.29 is 0 Å². The van der Waals surface area contributed by atoms with E-state index in [4.69, 9.17) is 22.3 Å². The largest absolute Gasteiger partial charge is 0.398 e. The van der Waals surface area contributed by atoms with Crippen LogP contribution in [0.25, 0.3) is 0 Å². The Morgan fingerprint density at radius 1 is 1.18 bits per heavy atom. The first kappa shape index (κ1) is 9.42. The van der Waals surface area contributed by atoms with Crippen LogP contribution in [0.2, 0.25) is 0 Å². The Kier molecular flexibility index (Phi) is 3.66. The highest BCUT2D eigenvalue weighted by molar-refractivity contribution is 5.91. The van der Waals surface area contributed by atoms with Crippen molar-refractivity contribution in [2.24, 2.45) is 11.5 Å². The van der Waals surface area contributed by atoms with Crippen molar-refractivity contribution in [1.29, 1.82) is 10.8 Å². The number of allylic oxidation sites excluding steroid dienone is 3. The fourth-order valence-electron chi connectivity index (χ4n) is 0.567. The van der Waals surface area contributed by atoms with Gasteiger partial charge in [-0.1, -0.05) is 6.08 Å². The van der Waals surface area contributed by atoms with Crippen molar-refractivity contribution in [3.05, 3.63) is 23.0 Å². The Hall–Kier alpha value is -1.58. The van der Waals surface area contributed by atoms with Crippen LogP contribution in [-0.4, -0.2) is 12.4 Å². The number of hydrogen-bond acceptors (Lipinski definition) is 4. The Labute approximate surface area is 65.6 Å². The summed E-state index contributed by atoms with van der Waals surface area (Å²) >= 11 is 0. The Bertz CT molecular complexity index is 225. The summed E-state index contributed by atoms with van der Waals surface area (Å²) in [5.74, 6) is 0. The minimum atomic E-state index is 0.204. The third kappa shape index (κ3) is 2.25. The molecule has 0 aromatic carbocycles. The van der Waals surface area contributed by atoms with Crippen molar-refractivity contribution >= 4 is 12.4 Å². The summed E-state index contributed by atoms with van der Waals surface area (Å²) in [7, 11) is 0. The molecule has 0 amide bonds. The van der Waals surface area contributed by atoms with Crippen LogP contribution in [0, 0.1) is 10.8 Å². The summed E-state index contributed by atoms with van der Waals surface area (Å²) in [6.07, 6.45) is 3.64. The van der Waals surface area contributed by atoms with Gasteiger partial charge in [-0.2, -0.15) is 0 Å². The highest BCUT2D eigenvalue weighted by Crippen LogP contribution is 2.01. The molecule has 11 heavy (non-hydrogen) atoms. The molecule has 0 atom stereocenters. The summed E-state index contributed by atoms with van der Waals surface area (Å²) in [4.78, 5) is 0. The van der Waals surface area contributed by atoms with Crippen LogP contribution in [0.15, 0.2) is 23.0 Å². The van der Waals surface area contributed by atoms with Crippen molar-refractivity contribution in [2.45, 2.75) is 6.92 Å². The van der Waals surface area contributed by atoms with Crippen LogP contribution in [0.1, 0.15) is 6.92 Å². The van der Waals surface area contributed by atoms with Gasteiger partial charge >= 0.3 is 0 Å². The van der Waals surface area contributed by atoms with Crippen molar-refractivity contribution in [2.75, 3.05) is 0 Å². The van der Waals surface area contributed by atoms with E-state index in [1.54, 1.807) is 13.0 Å². The van der Waals surface area contributed by atoms with Gasteiger partial charge in [0.15, 0.2) is 0 Å². The average Bonchev–Trinajstić information content (AvgIpc) is 2.05. The standard InChI is InChI=1S/C7H12N4/c1-2-6(10)5(3-8)7(11)4-9/h2-4,8-9H,10-11H2,1H3/b6-2+,7-5?,8-3?,9-4?. The van der Waals surface area contributed by atoms with Crippen LogP contribution in [0.5, 0.6) is 0 Å². The van der Waals surface area contributed by atoms with E-state index in [9.17, 15) is 0 Å². The Balaban J connectivity index is 4.95. The minimum Gasteiger partial charge on any atom is -0.398 e. The summed E-state index contributed by atoms with van der Waals surface area (Å²) in [5, 5.41) is 13.8. The molecule has 0 aliphatic heterocycles. The van der Waals surface area contributed by atoms with Gasteiger partial charge in [0.2, 0.25) is 0 Å². The lowest BCUT2D eigenvalue weighted by Gasteiger charge is -2.01. The molecule has 6 N–H and O–H groups in total. The van der Waals surface area contributed by atoms with E-state index in [1.807, 2.05) is 0 Å². The van der Waals surface area contributed by atoms with Crippen molar-refractivity contribution in [3.8, 4) is 0 Å². The third-order valence-electron chi connectivity index (χ3n) is 1.23. The van der Waals surface area contributed by atoms with Gasteiger partial charge in [-0.15, -0.1) is 0 Å². The van der Waals surface area contributed by atoms with Gasteiger partial charge in [0.1, 0.15) is 0 Å². The highest BCUT2D eigenvalue weighted by Gasteiger charge is 1.99. The van der Waals surface area contributed by atoms with Gasteiger partial charge in [-0.3, -0.25) is 0 Å². The van der Waals surface area contributed by atoms with Crippen LogP contribution >= 0.6 is 0 Å². The number of nitrogens with one attached hydrogen (secondary N) is 2. The highest BCUT2D eigenvalue weighted by atomic mass is 14.7. The van der Waals surface area contributed by atoms with E-state index >= 15 is 0 Å². The molecule has 0 aliphatic rings. The minimum absolute atomic E-state index is 0.204. The second kappa shape index (κ2) is 4.27. The van der Waals surface area contributed by atoms with Gasteiger partial charge in [-0.05, 0) is 6.92 Å². The topological polar surface area (TPSA) is 99.7 Å². The lowest BCUT2D eigenvalue weighted by molar-refractivity contribution is 1.30. The molecule has 4 heteroatoms. The van der Waals surface area contributed by atoms with Crippen LogP contribution in [0.4, 0.5) is 0 Å². The summed E-state index contributed by atoms with van der Waals surface area (Å²) in [6.45, 7) is 1.75. The molecule has 0 heterocycles. The molecule has 0 bridgehead atoms. The number of nitrogens with two attached hydrogens (primary N) is 2. The van der Waals surface area contributed by atoms with Gasteiger partial charge in [-0.25, -0.2) is 0 Å². The maximum Gasteiger partial charge on any atom is 0.0602 e. The monoisotopic (exact) mass is 152 g/mol. The predicted octanol–water partition coefficient (Wildman–Crippen LogP) is 0.361. The lowest BCUT2D eigenvalue weighted by atomic mass is 10.1. The molecule has 0 spiro atoms. The zero-order valence-corrected chi connectivity index (χ0v) is 6.39. The van der Waals surface area contributed by atoms with Crippen molar-refractivity contribution in [1.82, 2.24) is 0 Å². The first-order valence-electron chi connectivity index (χ1n) is 3.10. The molecule has 60 valence electrons. The fraction of sp³-hybridized carbons (Fsp3) is 0.143. The fourth-order valence-corrected chi connectivity index (χ4v) is 0.567. The van der Waals surface area contributed by atoms with Crippen LogP contribution in [0.3, 0.4) is 0 Å². The summed E-state index contributed by atoms with van der Waals surface area (Å²) in [5.41, 5.74) is 11.9. The van der Waals surface area contributed by atoms with Gasteiger partial charge in [0.05, 0.1) is 5.70 Å². The van der Waals surface area contributed by atoms with E-state index < -0.39 is 0 Å². The van der Waals surface area contributed by atoms with Crippen molar-refractivity contribution in [3.63, 3.8) is 0 Å². The zero-order chi connectivity index (χ0) is 8.85. The molecule has 0 radical (unpaired) electrons. The smallest absolute Gasteiger partial charge is 0.0602 e. The van der Waals surface area contributed by atoms with Gasteiger partial charge in [0.25, 0.3) is 0 Å². The number of hydrogen-bond donors (Lipinski definition) is 4. The second-order valence-electron chi connectivity index (χ2n) is 1.90. The van der Waals surface area contributed by atoms with Crippen LogP contribution in [-0.2, 0) is 0 Å². The lowest BCUT2D eigenvalue weighted by Crippen LogP contribution is -2.10. The number of rotatable bonds is 3.